The molecule has 0 unspecified atom stereocenters. The lowest BCUT2D eigenvalue weighted by Gasteiger charge is -2.07. The van der Waals surface area contributed by atoms with Crippen LogP contribution >= 0.6 is 0 Å². The number of hydrogen-bond donors (Lipinski definition) is 1. The zero-order chi connectivity index (χ0) is 22.8. The number of benzene rings is 3. The molecule has 0 aliphatic rings. The Morgan fingerprint density at radius 1 is 0.906 bits per heavy atom. The summed E-state index contributed by atoms with van der Waals surface area (Å²) in [4.78, 5) is 24.1. The second-order valence-electron chi connectivity index (χ2n) is 6.76. The molecular formula is C25H24N2O5. The van der Waals surface area contributed by atoms with Crippen molar-refractivity contribution in [1.82, 2.24) is 5.43 Å². The number of carbonyl (C=O) groups is 2. The number of nitrogens with one attached hydrogen (secondary N) is 1. The van der Waals surface area contributed by atoms with E-state index in [1.807, 2.05) is 32.0 Å². The van der Waals surface area contributed by atoms with E-state index >= 15 is 0 Å². The van der Waals surface area contributed by atoms with E-state index in [4.69, 9.17) is 14.2 Å². The molecule has 1 N–H and O–H groups in total. The number of esters is 1. The summed E-state index contributed by atoms with van der Waals surface area (Å²) in [5.74, 6) is 0.918. The Morgan fingerprint density at radius 2 is 1.59 bits per heavy atom. The molecule has 0 radical (unpaired) electrons. The largest absolute Gasteiger partial charge is 0.494 e. The van der Waals surface area contributed by atoms with Crippen molar-refractivity contribution < 1.29 is 23.8 Å². The molecule has 3 aromatic rings. The normalized spacial score (nSPS) is 10.6. The van der Waals surface area contributed by atoms with Crippen LogP contribution in [0.25, 0.3) is 0 Å². The van der Waals surface area contributed by atoms with Gasteiger partial charge >= 0.3 is 5.97 Å². The molecule has 0 saturated carbocycles. The number of amides is 1. The smallest absolute Gasteiger partial charge is 0.343 e. The Bertz CT molecular complexity index is 1080. The quantitative estimate of drug-likeness (QED) is 0.238. The van der Waals surface area contributed by atoms with Crippen molar-refractivity contribution in [2.45, 2.75) is 13.8 Å². The van der Waals surface area contributed by atoms with Gasteiger partial charge in [0.25, 0.3) is 5.91 Å². The van der Waals surface area contributed by atoms with Crippen LogP contribution in [0.15, 0.2) is 77.9 Å². The summed E-state index contributed by atoms with van der Waals surface area (Å²) in [7, 11) is 0. The van der Waals surface area contributed by atoms with Crippen molar-refractivity contribution in [1.29, 1.82) is 0 Å². The minimum absolute atomic E-state index is 0.136. The number of hydrazone groups is 1. The molecule has 0 fully saturated rings. The summed E-state index contributed by atoms with van der Waals surface area (Å²) in [6.45, 7) is 4.23. The zero-order valence-electron chi connectivity index (χ0n) is 17.9. The van der Waals surface area contributed by atoms with Crippen molar-refractivity contribution >= 4 is 18.1 Å². The Kier molecular flexibility index (Phi) is 7.97. The van der Waals surface area contributed by atoms with E-state index in [2.05, 4.69) is 10.5 Å². The number of hydrogen-bond acceptors (Lipinski definition) is 6. The van der Waals surface area contributed by atoms with E-state index < -0.39 is 5.97 Å². The van der Waals surface area contributed by atoms with E-state index in [9.17, 15) is 9.59 Å². The van der Waals surface area contributed by atoms with E-state index in [0.717, 1.165) is 11.1 Å². The van der Waals surface area contributed by atoms with Crippen molar-refractivity contribution in [3.05, 3.63) is 89.5 Å². The van der Waals surface area contributed by atoms with E-state index in [-0.39, 0.29) is 12.5 Å². The Balaban J connectivity index is 1.46. The van der Waals surface area contributed by atoms with Crippen LogP contribution in [-0.2, 0) is 4.79 Å². The SMILES string of the molecule is CCOc1ccc(C(=O)Oc2ccc(/C=N/NC(=O)COc3ccccc3C)cc2)cc1. The lowest BCUT2D eigenvalue weighted by Crippen LogP contribution is -2.24. The van der Waals surface area contributed by atoms with Gasteiger partial charge in [0, 0.05) is 0 Å². The summed E-state index contributed by atoms with van der Waals surface area (Å²) < 4.78 is 16.2. The van der Waals surface area contributed by atoms with Crippen molar-refractivity contribution in [3.63, 3.8) is 0 Å². The number of carbonyl (C=O) groups excluding carboxylic acids is 2. The molecular weight excluding hydrogens is 408 g/mol. The summed E-state index contributed by atoms with van der Waals surface area (Å²) in [5.41, 5.74) is 4.52. The van der Waals surface area contributed by atoms with Crippen LogP contribution in [0.5, 0.6) is 17.2 Å². The maximum absolute atomic E-state index is 12.3. The molecule has 0 bridgehead atoms. The third-order valence-electron chi connectivity index (χ3n) is 4.35. The minimum atomic E-state index is -0.463. The van der Waals surface area contributed by atoms with Crippen LogP contribution in [0.1, 0.15) is 28.4 Å². The summed E-state index contributed by atoms with van der Waals surface area (Å²) in [6, 6.07) is 20.9. The highest BCUT2D eigenvalue weighted by Crippen LogP contribution is 2.17. The van der Waals surface area contributed by atoms with E-state index in [1.54, 1.807) is 54.6 Å². The highest BCUT2D eigenvalue weighted by molar-refractivity contribution is 5.91. The third-order valence-corrected chi connectivity index (χ3v) is 4.35. The van der Waals surface area contributed by atoms with E-state index in [0.29, 0.717) is 29.4 Å². The molecule has 32 heavy (non-hydrogen) atoms. The molecule has 0 spiro atoms. The van der Waals surface area contributed by atoms with Crippen LogP contribution in [0.4, 0.5) is 0 Å². The molecule has 0 aliphatic heterocycles. The van der Waals surface area contributed by atoms with Gasteiger partial charge in [-0.05, 0) is 79.6 Å². The zero-order valence-corrected chi connectivity index (χ0v) is 17.9. The molecule has 0 atom stereocenters. The summed E-state index contributed by atoms with van der Waals surface area (Å²) in [6.07, 6.45) is 1.49. The molecule has 1 amide bonds. The fourth-order valence-corrected chi connectivity index (χ4v) is 2.71. The average Bonchev–Trinajstić information content (AvgIpc) is 2.80. The van der Waals surface area contributed by atoms with Gasteiger partial charge in [-0.15, -0.1) is 0 Å². The number of rotatable bonds is 9. The first-order chi connectivity index (χ1) is 15.5. The van der Waals surface area contributed by atoms with Gasteiger partial charge in [0.1, 0.15) is 17.2 Å². The number of para-hydroxylation sites is 1. The van der Waals surface area contributed by atoms with Crippen molar-refractivity contribution in [3.8, 4) is 17.2 Å². The van der Waals surface area contributed by atoms with Gasteiger partial charge in [0.15, 0.2) is 6.61 Å². The lowest BCUT2D eigenvalue weighted by molar-refractivity contribution is -0.123. The standard InChI is InChI=1S/C25H24N2O5/c1-3-30-21-14-10-20(11-15-21)25(29)32-22-12-8-19(9-13-22)16-26-27-24(28)17-31-23-7-5-4-6-18(23)2/h4-16H,3,17H2,1-2H3,(H,27,28)/b26-16+. The first-order valence-corrected chi connectivity index (χ1v) is 10.1. The molecule has 3 aromatic carbocycles. The molecule has 7 heteroatoms. The highest BCUT2D eigenvalue weighted by atomic mass is 16.5. The molecule has 164 valence electrons. The minimum Gasteiger partial charge on any atom is -0.494 e. The van der Waals surface area contributed by atoms with Crippen LogP contribution in [0.2, 0.25) is 0 Å². The number of nitrogens with zero attached hydrogens (tertiary/aromatic N) is 1. The highest BCUT2D eigenvalue weighted by Gasteiger charge is 2.09. The fraction of sp³-hybridized carbons (Fsp3) is 0.160. The van der Waals surface area contributed by atoms with Gasteiger partial charge in [-0.2, -0.15) is 5.10 Å². The maximum atomic E-state index is 12.3. The second kappa shape index (κ2) is 11.3. The molecule has 0 saturated heterocycles. The van der Waals surface area contributed by atoms with Gasteiger partial charge in [-0.3, -0.25) is 4.79 Å². The van der Waals surface area contributed by atoms with Crippen LogP contribution in [-0.4, -0.2) is 31.3 Å². The Hall–Kier alpha value is -4.13. The van der Waals surface area contributed by atoms with Crippen LogP contribution < -0.4 is 19.6 Å². The van der Waals surface area contributed by atoms with Gasteiger partial charge in [0.2, 0.25) is 0 Å². The topological polar surface area (TPSA) is 86.2 Å². The van der Waals surface area contributed by atoms with E-state index in [1.165, 1.54) is 6.21 Å². The van der Waals surface area contributed by atoms with Gasteiger partial charge in [-0.25, -0.2) is 10.2 Å². The first-order valence-electron chi connectivity index (χ1n) is 10.1. The molecule has 0 aromatic heterocycles. The second-order valence-corrected chi connectivity index (χ2v) is 6.76. The lowest BCUT2D eigenvalue weighted by atomic mass is 10.2. The molecule has 0 aliphatic carbocycles. The number of aryl methyl sites for hydroxylation is 1. The predicted octanol–water partition coefficient (Wildman–Crippen LogP) is 4.14. The molecule has 0 heterocycles. The summed E-state index contributed by atoms with van der Waals surface area (Å²) in [5, 5.41) is 3.91. The maximum Gasteiger partial charge on any atom is 0.343 e. The summed E-state index contributed by atoms with van der Waals surface area (Å²) >= 11 is 0. The molecule has 3 rings (SSSR count). The fourth-order valence-electron chi connectivity index (χ4n) is 2.71. The third kappa shape index (κ3) is 6.70. The van der Waals surface area contributed by atoms with Crippen LogP contribution in [0, 0.1) is 6.92 Å². The van der Waals surface area contributed by atoms with Crippen LogP contribution in [0.3, 0.4) is 0 Å². The number of ether oxygens (including phenoxy) is 3. The van der Waals surface area contributed by atoms with Crippen molar-refractivity contribution in [2.75, 3.05) is 13.2 Å². The van der Waals surface area contributed by atoms with Gasteiger partial charge < -0.3 is 14.2 Å². The first kappa shape index (κ1) is 22.6. The molecule has 7 nitrogen and oxygen atoms in total. The van der Waals surface area contributed by atoms with Gasteiger partial charge in [0.05, 0.1) is 18.4 Å². The Labute approximate surface area is 186 Å². The Morgan fingerprint density at radius 3 is 2.28 bits per heavy atom. The monoisotopic (exact) mass is 432 g/mol. The van der Waals surface area contributed by atoms with Crippen molar-refractivity contribution in [2.24, 2.45) is 5.10 Å². The predicted molar refractivity (Wildman–Crippen MR) is 121 cm³/mol. The average molecular weight is 432 g/mol. The van der Waals surface area contributed by atoms with Gasteiger partial charge in [-0.1, -0.05) is 18.2 Å².